The van der Waals surface area contributed by atoms with Gasteiger partial charge in [0.1, 0.15) is 0 Å². The Kier molecular flexibility index (Phi) is 4.97. The summed E-state index contributed by atoms with van der Waals surface area (Å²) in [7, 11) is 0. The molecule has 3 rings (SSSR count). The molecule has 0 spiro atoms. The van der Waals surface area contributed by atoms with E-state index in [9.17, 15) is 4.79 Å². The van der Waals surface area contributed by atoms with Crippen LogP contribution in [0.5, 0.6) is 0 Å². The summed E-state index contributed by atoms with van der Waals surface area (Å²) in [6.07, 6.45) is 0.335. The van der Waals surface area contributed by atoms with Gasteiger partial charge in [-0.2, -0.15) is 0 Å². The zero-order chi connectivity index (χ0) is 17.1. The molecular formula is C19H17ClN2OS. The Morgan fingerprint density at radius 3 is 2.71 bits per heavy atom. The second-order valence-electron chi connectivity index (χ2n) is 5.66. The lowest BCUT2D eigenvalue weighted by atomic mass is 10.0. The van der Waals surface area contributed by atoms with Gasteiger partial charge in [-0.1, -0.05) is 48.0 Å². The Morgan fingerprint density at radius 1 is 1.17 bits per heavy atom. The number of rotatable bonds is 4. The van der Waals surface area contributed by atoms with Crippen molar-refractivity contribution < 1.29 is 4.79 Å². The van der Waals surface area contributed by atoms with E-state index in [1.807, 2.05) is 54.8 Å². The van der Waals surface area contributed by atoms with Gasteiger partial charge < -0.3 is 5.32 Å². The summed E-state index contributed by atoms with van der Waals surface area (Å²) >= 11 is 7.58. The molecule has 0 unspecified atom stereocenters. The van der Waals surface area contributed by atoms with E-state index in [0.717, 1.165) is 16.8 Å². The fourth-order valence-corrected chi connectivity index (χ4v) is 3.35. The summed E-state index contributed by atoms with van der Waals surface area (Å²) in [5, 5.41) is 5.99. The normalized spacial score (nSPS) is 10.6. The number of aryl methyl sites for hydroxylation is 2. The lowest BCUT2D eigenvalue weighted by molar-refractivity contribution is -0.115. The smallest absolute Gasteiger partial charge is 0.230 e. The molecule has 1 aromatic heterocycles. The zero-order valence-corrected chi connectivity index (χ0v) is 15.0. The summed E-state index contributed by atoms with van der Waals surface area (Å²) in [5.74, 6) is -0.0710. The second kappa shape index (κ2) is 7.16. The molecule has 1 N–H and O–H groups in total. The van der Waals surface area contributed by atoms with E-state index in [1.54, 1.807) is 0 Å². The second-order valence-corrected chi connectivity index (χ2v) is 6.93. The van der Waals surface area contributed by atoms with E-state index < -0.39 is 0 Å². The van der Waals surface area contributed by atoms with Gasteiger partial charge >= 0.3 is 0 Å². The fraction of sp³-hybridized carbons (Fsp3) is 0.158. The first-order valence-corrected chi connectivity index (χ1v) is 8.85. The van der Waals surface area contributed by atoms with Gasteiger partial charge in [0.05, 0.1) is 12.1 Å². The molecule has 3 nitrogen and oxygen atoms in total. The van der Waals surface area contributed by atoms with Crippen LogP contribution in [0.4, 0.5) is 5.13 Å². The predicted octanol–water partition coefficient (Wildman–Crippen LogP) is 5.26. The molecule has 1 heterocycles. The first-order chi connectivity index (χ1) is 11.5. The molecule has 5 heteroatoms. The number of anilines is 1. The molecule has 0 saturated heterocycles. The molecule has 2 aromatic carbocycles. The fourth-order valence-electron chi connectivity index (χ4n) is 2.39. The number of nitrogens with zero attached hydrogens (tertiary/aromatic N) is 1. The highest BCUT2D eigenvalue weighted by Crippen LogP contribution is 2.30. The van der Waals surface area contributed by atoms with Gasteiger partial charge in [0.15, 0.2) is 5.13 Å². The van der Waals surface area contributed by atoms with Crippen LogP contribution < -0.4 is 5.32 Å². The van der Waals surface area contributed by atoms with Crippen LogP contribution in [0.2, 0.25) is 5.02 Å². The maximum atomic E-state index is 12.2. The first kappa shape index (κ1) is 16.7. The van der Waals surface area contributed by atoms with Crippen LogP contribution in [-0.2, 0) is 11.2 Å². The highest BCUT2D eigenvalue weighted by molar-refractivity contribution is 7.14. The van der Waals surface area contributed by atoms with Gasteiger partial charge in [0.2, 0.25) is 5.91 Å². The summed E-state index contributed by atoms with van der Waals surface area (Å²) in [6.45, 7) is 4.11. The molecule has 0 bridgehead atoms. The number of carbonyl (C=O) groups excluding carboxylic acids is 1. The standard InChI is InChI=1S/C19H17ClN2OS/c1-12-7-8-14(9-13(12)2)10-18(23)22-19-21-17(11-24-19)15-5-3-4-6-16(15)20/h3-9,11H,10H2,1-2H3,(H,21,22,23). The largest absolute Gasteiger partial charge is 0.302 e. The van der Waals surface area contributed by atoms with Crippen LogP contribution in [0.1, 0.15) is 16.7 Å². The molecule has 0 saturated carbocycles. The van der Waals surface area contributed by atoms with E-state index in [4.69, 9.17) is 11.6 Å². The van der Waals surface area contributed by atoms with Crippen molar-refractivity contribution in [1.82, 2.24) is 4.98 Å². The third-order valence-electron chi connectivity index (χ3n) is 3.84. The van der Waals surface area contributed by atoms with E-state index in [-0.39, 0.29) is 5.91 Å². The summed E-state index contributed by atoms with van der Waals surface area (Å²) < 4.78 is 0. The average molecular weight is 357 g/mol. The van der Waals surface area contributed by atoms with Crippen molar-refractivity contribution in [1.29, 1.82) is 0 Å². The molecule has 0 aliphatic rings. The topological polar surface area (TPSA) is 42.0 Å². The Hall–Kier alpha value is -2.17. The number of nitrogens with one attached hydrogen (secondary N) is 1. The minimum absolute atomic E-state index is 0.0710. The molecule has 3 aromatic rings. The van der Waals surface area contributed by atoms with Gasteiger partial charge in [0.25, 0.3) is 0 Å². The molecule has 122 valence electrons. The number of hydrogen-bond acceptors (Lipinski definition) is 3. The third-order valence-corrected chi connectivity index (χ3v) is 4.92. The SMILES string of the molecule is Cc1ccc(CC(=O)Nc2nc(-c3ccccc3Cl)cs2)cc1C. The molecule has 0 fully saturated rings. The van der Waals surface area contributed by atoms with Crippen LogP contribution in [0.15, 0.2) is 47.8 Å². The first-order valence-electron chi connectivity index (χ1n) is 7.59. The summed E-state index contributed by atoms with van der Waals surface area (Å²) in [5.41, 5.74) is 5.05. The monoisotopic (exact) mass is 356 g/mol. The van der Waals surface area contributed by atoms with Crippen molar-refractivity contribution in [2.24, 2.45) is 0 Å². The highest BCUT2D eigenvalue weighted by atomic mass is 35.5. The number of halogens is 1. The quantitative estimate of drug-likeness (QED) is 0.692. The zero-order valence-electron chi connectivity index (χ0n) is 13.5. The van der Waals surface area contributed by atoms with Crippen molar-refractivity contribution in [2.75, 3.05) is 5.32 Å². The van der Waals surface area contributed by atoms with Crippen molar-refractivity contribution >= 4 is 34.0 Å². The average Bonchev–Trinajstić information content (AvgIpc) is 2.99. The van der Waals surface area contributed by atoms with E-state index in [0.29, 0.717) is 16.6 Å². The molecule has 0 aliphatic carbocycles. The van der Waals surface area contributed by atoms with Gasteiger partial charge in [-0.3, -0.25) is 4.79 Å². The number of amides is 1. The molecular weight excluding hydrogens is 340 g/mol. The number of thiazole rings is 1. The van der Waals surface area contributed by atoms with Gasteiger partial charge in [-0.05, 0) is 36.6 Å². The summed E-state index contributed by atoms with van der Waals surface area (Å²) in [6, 6.07) is 13.6. The predicted molar refractivity (Wildman–Crippen MR) is 101 cm³/mol. The van der Waals surface area contributed by atoms with Crippen molar-refractivity contribution in [3.63, 3.8) is 0 Å². The maximum Gasteiger partial charge on any atom is 0.230 e. The minimum Gasteiger partial charge on any atom is -0.302 e. The Bertz CT molecular complexity index is 889. The van der Waals surface area contributed by atoms with E-state index >= 15 is 0 Å². The number of carbonyl (C=O) groups is 1. The Balaban J connectivity index is 1.69. The molecule has 0 aliphatic heterocycles. The van der Waals surface area contributed by atoms with Crippen LogP contribution in [-0.4, -0.2) is 10.9 Å². The van der Waals surface area contributed by atoms with Crippen molar-refractivity contribution in [2.45, 2.75) is 20.3 Å². The van der Waals surface area contributed by atoms with Crippen LogP contribution >= 0.6 is 22.9 Å². The highest BCUT2D eigenvalue weighted by Gasteiger charge is 2.11. The van der Waals surface area contributed by atoms with Crippen molar-refractivity contribution in [3.8, 4) is 11.3 Å². The number of aromatic nitrogens is 1. The third kappa shape index (κ3) is 3.83. The Morgan fingerprint density at radius 2 is 1.96 bits per heavy atom. The molecule has 0 radical (unpaired) electrons. The maximum absolute atomic E-state index is 12.2. The lowest BCUT2D eigenvalue weighted by Crippen LogP contribution is -2.14. The van der Waals surface area contributed by atoms with Gasteiger partial charge in [-0.25, -0.2) is 4.98 Å². The molecule has 24 heavy (non-hydrogen) atoms. The van der Waals surface area contributed by atoms with Crippen molar-refractivity contribution in [3.05, 3.63) is 69.6 Å². The van der Waals surface area contributed by atoms with Crippen LogP contribution in [0, 0.1) is 13.8 Å². The Labute approximate surface area is 150 Å². The van der Waals surface area contributed by atoms with Gasteiger partial charge in [-0.15, -0.1) is 11.3 Å². The number of hydrogen-bond donors (Lipinski definition) is 1. The van der Waals surface area contributed by atoms with E-state index in [1.165, 1.54) is 22.5 Å². The minimum atomic E-state index is -0.0710. The molecule has 1 amide bonds. The van der Waals surface area contributed by atoms with Crippen LogP contribution in [0.25, 0.3) is 11.3 Å². The lowest BCUT2D eigenvalue weighted by Gasteiger charge is -2.05. The molecule has 0 atom stereocenters. The van der Waals surface area contributed by atoms with Gasteiger partial charge in [0, 0.05) is 16.0 Å². The summed E-state index contributed by atoms with van der Waals surface area (Å²) in [4.78, 5) is 16.7. The van der Waals surface area contributed by atoms with E-state index in [2.05, 4.69) is 17.2 Å². The number of benzene rings is 2. The van der Waals surface area contributed by atoms with Crippen LogP contribution in [0.3, 0.4) is 0 Å².